The van der Waals surface area contributed by atoms with E-state index in [0.717, 1.165) is 10.3 Å². The van der Waals surface area contributed by atoms with Crippen molar-refractivity contribution in [2.24, 2.45) is 11.8 Å². The first-order valence-corrected chi connectivity index (χ1v) is 7.18. The van der Waals surface area contributed by atoms with Crippen molar-refractivity contribution in [1.29, 1.82) is 0 Å². The van der Waals surface area contributed by atoms with Crippen LogP contribution in [-0.4, -0.2) is 19.6 Å². The molecule has 5 heteroatoms. The number of hydrogen-bond acceptors (Lipinski definition) is 4. The Kier molecular flexibility index (Phi) is 6.16. The lowest BCUT2D eigenvalue weighted by Gasteiger charge is -2.18. The lowest BCUT2D eigenvalue weighted by atomic mass is 9.96. The summed E-state index contributed by atoms with van der Waals surface area (Å²) >= 11 is 5.13. The van der Waals surface area contributed by atoms with Gasteiger partial charge in [-0.25, -0.2) is 0 Å². The molecular weight excluding hydrogens is 302 g/mol. The summed E-state index contributed by atoms with van der Waals surface area (Å²) < 4.78 is 5.92. The van der Waals surface area contributed by atoms with Crippen LogP contribution in [0.4, 0.5) is 0 Å². The fourth-order valence-electron chi connectivity index (χ4n) is 1.54. The van der Waals surface area contributed by atoms with E-state index in [0.29, 0.717) is 6.54 Å². The molecule has 0 spiro atoms. The topological polar surface area (TPSA) is 38.3 Å². The quantitative estimate of drug-likeness (QED) is 0.819. The van der Waals surface area contributed by atoms with Crippen molar-refractivity contribution < 1.29 is 9.53 Å². The van der Waals surface area contributed by atoms with Gasteiger partial charge in [-0.1, -0.05) is 13.8 Å². The third-order valence-electron chi connectivity index (χ3n) is 2.60. The molecule has 1 heterocycles. The predicted octanol–water partition coefficient (Wildman–Crippen LogP) is 3.05. The number of esters is 1. The van der Waals surface area contributed by atoms with Crippen molar-refractivity contribution >= 4 is 33.2 Å². The number of carbonyl (C=O) groups is 1. The lowest BCUT2D eigenvalue weighted by molar-refractivity contribution is -0.146. The van der Waals surface area contributed by atoms with Crippen LogP contribution in [-0.2, 0) is 16.1 Å². The predicted molar refractivity (Wildman–Crippen MR) is 74.1 cm³/mol. The zero-order valence-electron chi connectivity index (χ0n) is 10.3. The number of nitrogens with one attached hydrogen (secondary N) is 1. The third kappa shape index (κ3) is 4.77. The molecule has 1 aromatic rings. The van der Waals surface area contributed by atoms with Gasteiger partial charge >= 0.3 is 5.97 Å². The van der Waals surface area contributed by atoms with Crippen molar-refractivity contribution in [3.8, 4) is 0 Å². The first-order valence-electron chi connectivity index (χ1n) is 5.57. The van der Waals surface area contributed by atoms with Gasteiger partial charge in [-0.3, -0.25) is 4.79 Å². The molecule has 0 amide bonds. The lowest BCUT2D eigenvalue weighted by Crippen LogP contribution is -2.32. The van der Waals surface area contributed by atoms with Crippen LogP contribution >= 0.6 is 27.3 Å². The maximum atomic E-state index is 11.5. The van der Waals surface area contributed by atoms with Gasteiger partial charge in [-0.05, 0) is 34.0 Å². The van der Waals surface area contributed by atoms with Crippen molar-refractivity contribution in [2.75, 3.05) is 13.7 Å². The van der Waals surface area contributed by atoms with Gasteiger partial charge in [-0.2, -0.15) is 0 Å². The number of methoxy groups -OCH3 is 1. The highest BCUT2D eigenvalue weighted by molar-refractivity contribution is 9.11. The maximum absolute atomic E-state index is 11.5. The van der Waals surface area contributed by atoms with Crippen molar-refractivity contribution in [3.05, 3.63) is 20.8 Å². The Morgan fingerprint density at radius 1 is 1.53 bits per heavy atom. The Morgan fingerprint density at radius 3 is 2.71 bits per heavy atom. The molecule has 0 saturated heterocycles. The Hall–Kier alpha value is -0.390. The third-order valence-corrected chi connectivity index (χ3v) is 4.22. The zero-order chi connectivity index (χ0) is 12.8. The second-order valence-corrected chi connectivity index (χ2v) is 6.76. The summed E-state index contributed by atoms with van der Waals surface area (Å²) in [5, 5.41) is 3.30. The van der Waals surface area contributed by atoms with Gasteiger partial charge in [0, 0.05) is 18.0 Å². The summed E-state index contributed by atoms with van der Waals surface area (Å²) in [6.45, 7) is 5.51. The molecule has 1 rings (SSSR count). The molecule has 0 aliphatic carbocycles. The average Bonchev–Trinajstić information content (AvgIpc) is 2.69. The van der Waals surface area contributed by atoms with Gasteiger partial charge in [0.15, 0.2) is 0 Å². The number of thiophene rings is 1. The minimum Gasteiger partial charge on any atom is -0.469 e. The molecule has 0 fully saturated rings. The Bertz CT molecular complexity index is 365. The molecule has 1 aromatic heterocycles. The van der Waals surface area contributed by atoms with Crippen molar-refractivity contribution in [2.45, 2.75) is 20.4 Å². The minimum atomic E-state index is -0.139. The molecule has 0 aliphatic heterocycles. The first-order chi connectivity index (χ1) is 8.04. The summed E-state index contributed by atoms with van der Waals surface area (Å²) in [6.07, 6.45) is 0. The average molecular weight is 320 g/mol. The summed E-state index contributed by atoms with van der Waals surface area (Å²) in [7, 11) is 1.44. The van der Waals surface area contributed by atoms with Crippen LogP contribution in [0.3, 0.4) is 0 Å². The number of carbonyl (C=O) groups excluding carboxylic acids is 1. The molecular formula is C12H18BrNO2S. The van der Waals surface area contributed by atoms with Crippen LogP contribution < -0.4 is 5.32 Å². The van der Waals surface area contributed by atoms with E-state index in [9.17, 15) is 4.79 Å². The second-order valence-electron chi connectivity index (χ2n) is 4.21. The fraction of sp³-hybridized carbons (Fsp3) is 0.583. The van der Waals surface area contributed by atoms with Crippen LogP contribution in [0.25, 0.3) is 0 Å². The molecule has 96 valence electrons. The van der Waals surface area contributed by atoms with Gasteiger partial charge in [0.25, 0.3) is 0 Å². The second kappa shape index (κ2) is 7.13. The number of ether oxygens (including phenoxy) is 1. The van der Waals surface area contributed by atoms with Crippen LogP contribution in [0.2, 0.25) is 0 Å². The van der Waals surface area contributed by atoms with Crippen LogP contribution in [0.1, 0.15) is 18.7 Å². The van der Waals surface area contributed by atoms with E-state index in [2.05, 4.69) is 27.3 Å². The van der Waals surface area contributed by atoms with Gasteiger partial charge < -0.3 is 10.1 Å². The molecule has 1 unspecified atom stereocenters. The molecule has 0 aromatic carbocycles. The van der Waals surface area contributed by atoms with Crippen LogP contribution in [0, 0.1) is 11.8 Å². The van der Waals surface area contributed by atoms with Crippen molar-refractivity contribution in [1.82, 2.24) is 5.32 Å². The highest BCUT2D eigenvalue weighted by atomic mass is 79.9. The molecule has 0 radical (unpaired) electrons. The minimum absolute atomic E-state index is 0.0802. The van der Waals surface area contributed by atoms with Gasteiger partial charge in [-0.15, -0.1) is 11.3 Å². The summed E-state index contributed by atoms with van der Waals surface area (Å²) in [5.41, 5.74) is 0. The fourth-order valence-corrected chi connectivity index (χ4v) is 2.99. The Balaban J connectivity index is 2.39. The molecule has 3 nitrogen and oxygen atoms in total. The summed E-state index contributed by atoms with van der Waals surface area (Å²) in [5.74, 6) is 0.0632. The number of halogens is 1. The van der Waals surface area contributed by atoms with Crippen molar-refractivity contribution in [3.63, 3.8) is 0 Å². The van der Waals surface area contributed by atoms with Crippen LogP contribution in [0.5, 0.6) is 0 Å². The highest BCUT2D eigenvalue weighted by Gasteiger charge is 2.22. The normalized spacial score (nSPS) is 12.8. The van der Waals surface area contributed by atoms with E-state index in [-0.39, 0.29) is 17.8 Å². The number of rotatable bonds is 6. The van der Waals surface area contributed by atoms with E-state index in [1.807, 2.05) is 19.9 Å². The summed E-state index contributed by atoms with van der Waals surface area (Å²) in [6, 6.07) is 4.10. The highest BCUT2D eigenvalue weighted by Crippen LogP contribution is 2.22. The Morgan fingerprint density at radius 2 is 2.24 bits per heavy atom. The number of hydrogen-bond donors (Lipinski definition) is 1. The van der Waals surface area contributed by atoms with Gasteiger partial charge in [0.2, 0.25) is 0 Å². The van der Waals surface area contributed by atoms with E-state index in [1.54, 1.807) is 11.3 Å². The Labute approximate surface area is 115 Å². The molecule has 1 N–H and O–H groups in total. The zero-order valence-corrected chi connectivity index (χ0v) is 12.7. The van der Waals surface area contributed by atoms with Gasteiger partial charge in [0.1, 0.15) is 0 Å². The van der Waals surface area contributed by atoms with Crippen LogP contribution in [0.15, 0.2) is 15.9 Å². The summed E-state index contributed by atoms with van der Waals surface area (Å²) in [4.78, 5) is 12.8. The van der Waals surface area contributed by atoms with Gasteiger partial charge in [0.05, 0.1) is 16.8 Å². The van der Waals surface area contributed by atoms with E-state index < -0.39 is 0 Å². The van der Waals surface area contributed by atoms with E-state index in [4.69, 9.17) is 4.74 Å². The molecule has 17 heavy (non-hydrogen) atoms. The largest absolute Gasteiger partial charge is 0.469 e. The standard InChI is InChI=1S/C12H18BrNO2S/c1-8(2)10(12(15)16-3)7-14-6-9-4-5-11(13)17-9/h4-5,8,10,14H,6-7H2,1-3H3. The van der Waals surface area contributed by atoms with E-state index in [1.165, 1.54) is 12.0 Å². The SMILES string of the molecule is COC(=O)C(CNCc1ccc(Br)s1)C(C)C. The first kappa shape index (κ1) is 14.7. The molecule has 0 bridgehead atoms. The molecule has 1 atom stereocenters. The maximum Gasteiger partial charge on any atom is 0.310 e. The monoisotopic (exact) mass is 319 g/mol. The van der Waals surface area contributed by atoms with E-state index >= 15 is 0 Å². The smallest absolute Gasteiger partial charge is 0.310 e. The molecule has 0 aliphatic rings. The molecule has 0 saturated carbocycles.